The quantitative estimate of drug-likeness (QED) is 0.411. The van der Waals surface area contributed by atoms with Gasteiger partial charge in [-0.1, -0.05) is 47.5 Å². The Labute approximate surface area is 203 Å². The summed E-state index contributed by atoms with van der Waals surface area (Å²) in [7, 11) is 0. The van der Waals surface area contributed by atoms with Crippen LogP contribution in [0.1, 0.15) is 56.8 Å². The second kappa shape index (κ2) is 8.65. The van der Waals surface area contributed by atoms with Crippen LogP contribution in [0, 0.1) is 34.6 Å². The van der Waals surface area contributed by atoms with Crippen LogP contribution < -0.4 is 5.32 Å². The van der Waals surface area contributed by atoms with Crippen molar-refractivity contribution in [1.82, 2.24) is 14.8 Å². The number of amides is 1. The number of anilines is 1. The molecule has 172 valence electrons. The zero-order chi connectivity index (χ0) is 24.0. The molecule has 3 heterocycles. The molecule has 1 amide bonds. The summed E-state index contributed by atoms with van der Waals surface area (Å²) in [6.07, 6.45) is 0.175. The molecule has 34 heavy (non-hydrogen) atoms. The molecule has 7 heteroatoms. The molecule has 0 saturated carbocycles. The van der Waals surface area contributed by atoms with Gasteiger partial charge in [-0.15, -0.1) is 21.5 Å². The predicted octanol–water partition coefficient (Wildman–Crippen LogP) is 5.79. The van der Waals surface area contributed by atoms with E-state index in [0.29, 0.717) is 5.82 Å². The number of hydrogen-bond acceptors (Lipinski definition) is 5. The second-order valence-electron chi connectivity index (χ2n) is 8.88. The van der Waals surface area contributed by atoms with E-state index in [9.17, 15) is 4.79 Å². The fourth-order valence-corrected chi connectivity index (χ4v) is 5.47. The first-order valence-corrected chi connectivity index (χ1v) is 12.2. The van der Waals surface area contributed by atoms with E-state index in [1.54, 1.807) is 11.3 Å². The predicted molar refractivity (Wildman–Crippen MR) is 137 cm³/mol. The summed E-state index contributed by atoms with van der Waals surface area (Å²) in [6, 6.07) is 15.7. The number of rotatable bonds is 4. The number of carbonyl (C=O) groups is 1. The Hall–Kier alpha value is -3.58. The van der Waals surface area contributed by atoms with Crippen LogP contribution in [-0.2, 0) is 4.79 Å². The minimum atomic E-state index is -0.456. The Bertz CT molecular complexity index is 1410. The largest absolute Gasteiger partial charge is 0.326 e. The molecule has 1 atom stereocenters. The van der Waals surface area contributed by atoms with Crippen molar-refractivity contribution in [2.24, 2.45) is 4.99 Å². The van der Waals surface area contributed by atoms with Crippen LogP contribution >= 0.6 is 11.3 Å². The van der Waals surface area contributed by atoms with Crippen molar-refractivity contribution in [2.75, 3.05) is 5.32 Å². The van der Waals surface area contributed by atoms with Crippen LogP contribution in [0.25, 0.3) is 5.00 Å². The molecule has 2 aromatic carbocycles. The third-order valence-electron chi connectivity index (χ3n) is 6.28. The summed E-state index contributed by atoms with van der Waals surface area (Å²) in [5.41, 5.74) is 7.34. The summed E-state index contributed by atoms with van der Waals surface area (Å²) in [5.74, 6) is 1.38. The topological polar surface area (TPSA) is 72.2 Å². The molecule has 6 nitrogen and oxygen atoms in total. The SMILES string of the molecule is Cc1ccc(NC(=O)C[C@@H]2N=C(c3ccc(C)cc3)c3c(sc(C)c3C)-n3c(C)nnc32)cc1. The minimum Gasteiger partial charge on any atom is -0.326 e. The first kappa shape index (κ1) is 22.2. The molecule has 0 aliphatic carbocycles. The maximum absolute atomic E-state index is 13.1. The Morgan fingerprint density at radius 1 is 0.941 bits per heavy atom. The normalized spacial score (nSPS) is 14.7. The number of fused-ring (bicyclic) bond motifs is 3. The number of hydrogen-bond donors (Lipinski definition) is 1. The van der Waals surface area contributed by atoms with Crippen LogP contribution in [0.5, 0.6) is 0 Å². The van der Waals surface area contributed by atoms with E-state index in [2.05, 4.69) is 65.1 Å². The van der Waals surface area contributed by atoms with Crippen LogP contribution in [0.3, 0.4) is 0 Å². The Kier molecular flexibility index (Phi) is 5.65. The summed E-state index contributed by atoms with van der Waals surface area (Å²) < 4.78 is 2.08. The smallest absolute Gasteiger partial charge is 0.227 e. The molecule has 2 aromatic heterocycles. The van der Waals surface area contributed by atoms with Gasteiger partial charge in [-0.3, -0.25) is 14.4 Å². The number of carbonyl (C=O) groups excluding carboxylic acids is 1. The van der Waals surface area contributed by atoms with Crippen molar-refractivity contribution in [3.63, 3.8) is 0 Å². The van der Waals surface area contributed by atoms with Gasteiger partial charge in [-0.05, 0) is 52.3 Å². The van der Waals surface area contributed by atoms with Gasteiger partial charge in [0.05, 0.1) is 12.1 Å². The summed E-state index contributed by atoms with van der Waals surface area (Å²) >= 11 is 1.72. The lowest BCUT2D eigenvalue weighted by Crippen LogP contribution is -2.17. The van der Waals surface area contributed by atoms with Crippen LogP contribution in [0.4, 0.5) is 5.69 Å². The number of aliphatic imine (C=N–C) groups is 1. The van der Waals surface area contributed by atoms with E-state index in [4.69, 9.17) is 4.99 Å². The van der Waals surface area contributed by atoms with Crippen molar-refractivity contribution in [3.8, 4) is 5.00 Å². The number of nitrogens with one attached hydrogen (secondary N) is 1. The van der Waals surface area contributed by atoms with Gasteiger partial charge in [0.2, 0.25) is 5.91 Å². The van der Waals surface area contributed by atoms with Gasteiger partial charge in [0.25, 0.3) is 0 Å². The number of nitrogens with zero attached hydrogens (tertiary/aromatic N) is 4. The zero-order valence-electron chi connectivity index (χ0n) is 20.0. The Balaban J connectivity index is 1.61. The zero-order valence-corrected chi connectivity index (χ0v) is 20.8. The summed E-state index contributed by atoms with van der Waals surface area (Å²) in [5, 5.41) is 12.9. The Morgan fingerprint density at radius 2 is 1.59 bits per heavy atom. The third-order valence-corrected chi connectivity index (χ3v) is 7.47. The summed E-state index contributed by atoms with van der Waals surface area (Å²) in [4.78, 5) is 19.5. The number of thiophene rings is 1. The lowest BCUT2D eigenvalue weighted by atomic mass is 9.99. The number of benzene rings is 2. The summed E-state index contributed by atoms with van der Waals surface area (Å²) in [6.45, 7) is 10.3. The van der Waals surface area contributed by atoms with Crippen molar-refractivity contribution >= 4 is 28.6 Å². The molecule has 4 aromatic rings. The molecular weight excluding hydrogens is 442 g/mol. The first-order valence-electron chi connectivity index (χ1n) is 11.4. The fourth-order valence-electron chi connectivity index (χ4n) is 4.26. The molecule has 0 radical (unpaired) electrons. The highest BCUT2D eigenvalue weighted by Crippen LogP contribution is 2.39. The second-order valence-corrected chi connectivity index (χ2v) is 10.1. The Morgan fingerprint density at radius 3 is 2.26 bits per heavy atom. The molecule has 0 saturated heterocycles. The van der Waals surface area contributed by atoms with E-state index in [-0.39, 0.29) is 12.3 Å². The first-order chi connectivity index (χ1) is 16.3. The minimum absolute atomic E-state index is 0.105. The number of aryl methyl sites for hydroxylation is 4. The molecule has 1 N–H and O–H groups in total. The molecule has 1 aliphatic heterocycles. The molecule has 5 rings (SSSR count). The van der Waals surface area contributed by atoms with Gasteiger partial charge in [0.1, 0.15) is 16.9 Å². The van der Waals surface area contributed by atoms with E-state index in [0.717, 1.165) is 38.9 Å². The fraction of sp³-hybridized carbons (Fsp3) is 0.259. The van der Waals surface area contributed by atoms with Crippen molar-refractivity contribution in [2.45, 2.75) is 47.1 Å². The van der Waals surface area contributed by atoms with Gasteiger partial charge in [-0.25, -0.2) is 0 Å². The van der Waals surface area contributed by atoms with Gasteiger partial charge < -0.3 is 5.32 Å². The van der Waals surface area contributed by atoms with E-state index >= 15 is 0 Å². The van der Waals surface area contributed by atoms with Gasteiger partial charge in [-0.2, -0.15) is 0 Å². The van der Waals surface area contributed by atoms with E-state index in [1.165, 1.54) is 16.0 Å². The molecule has 0 bridgehead atoms. The van der Waals surface area contributed by atoms with Crippen molar-refractivity contribution < 1.29 is 4.79 Å². The standard InChI is InChI=1S/C27H27N5OS/c1-15-6-10-20(11-7-15)25-24-17(3)18(4)34-27(24)32-19(5)30-31-26(32)22(29-25)14-23(33)28-21-12-8-16(2)9-13-21/h6-13,22H,14H2,1-5H3,(H,28,33)/t22-/m0/s1. The molecule has 0 fully saturated rings. The molecule has 1 aliphatic rings. The van der Waals surface area contributed by atoms with Crippen LogP contribution in [0.15, 0.2) is 53.5 Å². The molecule has 0 spiro atoms. The highest BCUT2D eigenvalue weighted by molar-refractivity contribution is 7.15. The number of aromatic nitrogens is 3. The highest BCUT2D eigenvalue weighted by atomic mass is 32.1. The lowest BCUT2D eigenvalue weighted by molar-refractivity contribution is -0.116. The average Bonchev–Trinajstić information content (AvgIpc) is 3.28. The maximum atomic E-state index is 13.1. The van der Waals surface area contributed by atoms with Gasteiger partial charge in [0.15, 0.2) is 5.82 Å². The van der Waals surface area contributed by atoms with Crippen LogP contribution in [-0.4, -0.2) is 26.4 Å². The van der Waals surface area contributed by atoms with E-state index < -0.39 is 6.04 Å². The monoisotopic (exact) mass is 469 g/mol. The van der Waals surface area contributed by atoms with Gasteiger partial charge in [0, 0.05) is 21.7 Å². The molecular formula is C27H27N5OS. The van der Waals surface area contributed by atoms with Crippen molar-refractivity contribution in [3.05, 3.63) is 92.9 Å². The third kappa shape index (κ3) is 3.96. The maximum Gasteiger partial charge on any atom is 0.227 e. The molecule has 0 unspecified atom stereocenters. The van der Waals surface area contributed by atoms with Crippen molar-refractivity contribution in [1.29, 1.82) is 0 Å². The van der Waals surface area contributed by atoms with E-state index in [1.807, 2.05) is 38.1 Å². The average molecular weight is 470 g/mol. The van der Waals surface area contributed by atoms with Crippen LogP contribution in [0.2, 0.25) is 0 Å². The van der Waals surface area contributed by atoms with Gasteiger partial charge >= 0.3 is 0 Å². The lowest BCUT2D eigenvalue weighted by Gasteiger charge is -2.13. The highest BCUT2D eigenvalue weighted by Gasteiger charge is 2.32.